The van der Waals surface area contributed by atoms with Crippen molar-refractivity contribution in [2.24, 2.45) is 0 Å². The van der Waals surface area contributed by atoms with Crippen LogP contribution in [0.15, 0.2) is 24.4 Å². The molecule has 7 heteroatoms. The molecule has 25 heavy (non-hydrogen) atoms. The van der Waals surface area contributed by atoms with Crippen LogP contribution in [0.25, 0.3) is 0 Å². The summed E-state index contributed by atoms with van der Waals surface area (Å²) >= 11 is 1.40. The Morgan fingerprint density at radius 2 is 1.72 bits per heavy atom. The summed E-state index contributed by atoms with van der Waals surface area (Å²) < 4.78 is 5.29. The second kappa shape index (κ2) is 7.23. The van der Waals surface area contributed by atoms with Crippen LogP contribution in [0.5, 0.6) is 5.75 Å². The van der Waals surface area contributed by atoms with Gasteiger partial charge in [0.25, 0.3) is 11.8 Å². The number of hydrogen-bond donors (Lipinski definition) is 0. The molecule has 3 rings (SSSR count). The molecule has 0 spiro atoms. The first-order valence-electron chi connectivity index (χ1n) is 8.15. The average molecular weight is 359 g/mol. The zero-order valence-electron chi connectivity index (χ0n) is 14.6. The molecule has 0 saturated carbocycles. The number of benzene rings is 1. The smallest absolute Gasteiger partial charge is 0.265 e. The van der Waals surface area contributed by atoms with E-state index in [4.69, 9.17) is 4.74 Å². The third-order valence-corrected chi connectivity index (χ3v) is 5.24. The summed E-state index contributed by atoms with van der Waals surface area (Å²) in [6.45, 7) is 5.94. The number of carbonyl (C=O) groups is 2. The third-order valence-electron chi connectivity index (χ3n) is 4.34. The quantitative estimate of drug-likeness (QED) is 0.844. The van der Waals surface area contributed by atoms with E-state index in [1.807, 2.05) is 26.0 Å². The molecule has 1 aliphatic heterocycles. The van der Waals surface area contributed by atoms with Crippen molar-refractivity contribution in [2.45, 2.75) is 13.8 Å². The molecule has 1 saturated heterocycles. The summed E-state index contributed by atoms with van der Waals surface area (Å²) in [6.07, 6.45) is 1.62. The highest BCUT2D eigenvalue weighted by Gasteiger charge is 2.26. The van der Waals surface area contributed by atoms with Gasteiger partial charge < -0.3 is 14.5 Å². The van der Waals surface area contributed by atoms with Gasteiger partial charge in [-0.1, -0.05) is 6.07 Å². The summed E-state index contributed by atoms with van der Waals surface area (Å²) in [7, 11) is 1.60. The summed E-state index contributed by atoms with van der Waals surface area (Å²) in [6, 6.07) is 5.48. The first kappa shape index (κ1) is 17.4. The predicted octanol–water partition coefficient (Wildman–Crippen LogP) is 2.37. The minimum atomic E-state index is -0.0287. The molecular weight excluding hydrogens is 338 g/mol. The molecule has 0 bridgehead atoms. The standard InChI is InChI=1S/C18H21N3O3S/c1-12-4-5-14(10-15(12)24-3)17(22)20-6-8-21(9-7-20)18(23)16-11-19-13(2)25-16/h4-5,10-11H,6-9H2,1-3H3. The Hall–Kier alpha value is -2.41. The Morgan fingerprint density at radius 3 is 2.28 bits per heavy atom. The Bertz CT molecular complexity index is 795. The SMILES string of the molecule is COc1cc(C(=O)N2CCN(C(=O)c3cnc(C)s3)CC2)ccc1C. The Labute approximate surface area is 151 Å². The van der Waals surface area contributed by atoms with Gasteiger partial charge in [-0.2, -0.15) is 0 Å². The lowest BCUT2D eigenvalue weighted by Gasteiger charge is -2.34. The van der Waals surface area contributed by atoms with Crippen LogP contribution >= 0.6 is 11.3 Å². The fourth-order valence-corrected chi connectivity index (χ4v) is 3.61. The van der Waals surface area contributed by atoms with Gasteiger partial charge in [0.15, 0.2) is 0 Å². The van der Waals surface area contributed by atoms with Crippen molar-refractivity contribution in [1.82, 2.24) is 14.8 Å². The maximum Gasteiger partial charge on any atom is 0.265 e. The highest BCUT2D eigenvalue weighted by molar-refractivity contribution is 7.13. The predicted molar refractivity (Wildman–Crippen MR) is 96.4 cm³/mol. The molecule has 2 amide bonds. The van der Waals surface area contributed by atoms with Gasteiger partial charge >= 0.3 is 0 Å². The number of aryl methyl sites for hydroxylation is 2. The molecule has 1 aromatic carbocycles. The molecule has 1 aliphatic rings. The molecule has 0 N–H and O–H groups in total. The summed E-state index contributed by atoms with van der Waals surface area (Å²) in [5, 5.41) is 0.880. The van der Waals surface area contributed by atoms with Gasteiger partial charge in [-0.25, -0.2) is 4.98 Å². The second-order valence-electron chi connectivity index (χ2n) is 6.01. The van der Waals surface area contributed by atoms with Crippen molar-refractivity contribution in [3.8, 4) is 5.75 Å². The minimum Gasteiger partial charge on any atom is -0.496 e. The Balaban J connectivity index is 1.64. The first-order valence-corrected chi connectivity index (χ1v) is 8.97. The van der Waals surface area contributed by atoms with Crippen molar-refractivity contribution < 1.29 is 14.3 Å². The monoisotopic (exact) mass is 359 g/mol. The Morgan fingerprint density at radius 1 is 1.08 bits per heavy atom. The van der Waals surface area contributed by atoms with Crippen LogP contribution in [0.1, 0.15) is 30.6 Å². The van der Waals surface area contributed by atoms with Gasteiger partial charge in [0.1, 0.15) is 10.6 Å². The van der Waals surface area contributed by atoms with E-state index in [0.717, 1.165) is 10.6 Å². The fourth-order valence-electron chi connectivity index (χ4n) is 2.86. The highest BCUT2D eigenvalue weighted by atomic mass is 32.1. The minimum absolute atomic E-state index is 0.00490. The van der Waals surface area contributed by atoms with Gasteiger partial charge in [-0.3, -0.25) is 9.59 Å². The molecule has 6 nitrogen and oxygen atoms in total. The van der Waals surface area contributed by atoms with E-state index in [1.165, 1.54) is 11.3 Å². The maximum absolute atomic E-state index is 12.7. The lowest BCUT2D eigenvalue weighted by molar-refractivity contribution is 0.0538. The van der Waals surface area contributed by atoms with E-state index in [0.29, 0.717) is 42.4 Å². The Kier molecular flexibility index (Phi) is 5.03. The van der Waals surface area contributed by atoms with Crippen LogP contribution < -0.4 is 4.74 Å². The molecule has 1 fully saturated rings. The van der Waals surface area contributed by atoms with Crippen molar-refractivity contribution in [3.05, 3.63) is 45.4 Å². The number of nitrogens with zero attached hydrogens (tertiary/aromatic N) is 3. The molecule has 1 aromatic heterocycles. The molecule has 132 valence electrons. The topological polar surface area (TPSA) is 62.7 Å². The summed E-state index contributed by atoms with van der Waals surface area (Å²) in [5.41, 5.74) is 1.61. The number of ether oxygens (including phenoxy) is 1. The molecule has 0 radical (unpaired) electrons. The van der Waals surface area contributed by atoms with Crippen molar-refractivity contribution in [2.75, 3.05) is 33.3 Å². The van der Waals surface area contributed by atoms with Crippen molar-refractivity contribution in [3.63, 3.8) is 0 Å². The van der Waals surface area contributed by atoms with Crippen LogP contribution in [0.4, 0.5) is 0 Å². The average Bonchev–Trinajstić information content (AvgIpc) is 3.07. The van der Waals surface area contributed by atoms with Crippen LogP contribution in [0.3, 0.4) is 0 Å². The van der Waals surface area contributed by atoms with E-state index in [-0.39, 0.29) is 11.8 Å². The number of rotatable bonds is 3. The van der Waals surface area contributed by atoms with Gasteiger partial charge in [0.2, 0.25) is 0 Å². The maximum atomic E-state index is 12.7. The zero-order valence-corrected chi connectivity index (χ0v) is 15.4. The van der Waals surface area contributed by atoms with Crippen molar-refractivity contribution in [1.29, 1.82) is 0 Å². The largest absolute Gasteiger partial charge is 0.496 e. The summed E-state index contributed by atoms with van der Waals surface area (Å²) in [5.74, 6) is 0.675. The van der Waals surface area contributed by atoms with E-state index >= 15 is 0 Å². The number of thiazole rings is 1. The van der Waals surface area contributed by atoms with Crippen LogP contribution in [-0.4, -0.2) is 59.9 Å². The number of aromatic nitrogens is 1. The van der Waals surface area contributed by atoms with Gasteiger partial charge in [0, 0.05) is 31.7 Å². The number of carbonyl (C=O) groups excluding carboxylic acids is 2. The molecule has 0 unspecified atom stereocenters. The van der Waals surface area contributed by atoms with E-state index in [9.17, 15) is 9.59 Å². The van der Waals surface area contributed by atoms with Crippen LogP contribution in [0.2, 0.25) is 0 Å². The molecular formula is C18H21N3O3S. The second-order valence-corrected chi connectivity index (χ2v) is 7.25. The third kappa shape index (κ3) is 3.66. The lowest BCUT2D eigenvalue weighted by Crippen LogP contribution is -2.50. The number of piperazine rings is 1. The zero-order chi connectivity index (χ0) is 18.0. The molecule has 2 heterocycles. The molecule has 2 aromatic rings. The number of methoxy groups -OCH3 is 1. The van der Waals surface area contributed by atoms with E-state index < -0.39 is 0 Å². The highest BCUT2D eigenvalue weighted by Crippen LogP contribution is 2.21. The molecule has 0 atom stereocenters. The number of amides is 2. The fraction of sp³-hybridized carbons (Fsp3) is 0.389. The van der Waals surface area contributed by atoms with E-state index in [1.54, 1.807) is 29.2 Å². The normalized spacial score (nSPS) is 14.5. The van der Waals surface area contributed by atoms with Gasteiger partial charge in [-0.05, 0) is 31.5 Å². The number of hydrogen-bond acceptors (Lipinski definition) is 5. The van der Waals surface area contributed by atoms with Gasteiger partial charge in [0.05, 0.1) is 18.3 Å². The van der Waals surface area contributed by atoms with Crippen LogP contribution in [0, 0.1) is 13.8 Å². The lowest BCUT2D eigenvalue weighted by atomic mass is 10.1. The van der Waals surface area contributed by atoms with Crippen LogP contribution in [-0.2, 0) is 0 Å². The van der Waals surface area contributed by atoms with Crippen molar-refractivity contribution >= 4 is 23.2 Å². The van der Waals surface area contributed by atoms with Gasteiger partial charge in [-0.15, -0.1) is 11.3 Å². The summed E-state index contributed by atoms with van der Waals surface area (Å²) in [4.78, 5) is 33.5. The molecule has 0 aliphatic carbocycles. The first-order chi connectivity index (χ1) is 12.0. The van der Waals surface area contributed by atoms with E-state index in [2.05, 4.69) is 4.98 Å².